The zero-order valence-corrected chi connectivity index (χ0v) is 12.2. The van der Waals surface area contributed by atoms with Crippen LogP contribution in [0.15, 0.2) is 55.4 Å². The van der Waals surface area contributed by atoms with Crippen molar-refractivity contribution in [3.05, 3.63) is 66.5 Å². The number of methoxy groups -OCH3 is 1. The van der Waals surface area contributed by atoms with Crippen molar-refractivity contribution < 1.29 is 14.6 Å². The summed E-state index contributed by atoms with van der Waals surface area (Å²) in [5.74, 6) is 0.739. The monoisotopic (exact) mass is 285 g/mol. The molecule has 1 aromatic carbocycles. The molecule has 0 aliphatic carbocycles. The number of ether oxygens (including phenoxy) is 1. The maximum atomic E-state index is 10.6. The van der Waals surface area contributed by atoms with Crippen LogP contribution in [-0.4, -0.2) is 23.0 Å². The molecule has 0 bridgehead atoms. The number of Topliss-reactive ketones (excluding diaryl/α,β-unsaturated/α-hetero) is 1. The molecule has 2 aromatic rings. The zero-order valence-electron chi connectivity index (χ0n) is 12.2. The molecule has 1 heterocycles. The van der Waals surface area contributed by atoms with Crippen LogP contribution in [0.5, 0.6) is 11.5 Å². The summed E-state index contributed by atoms with van der Waals surface area (Å²) in [6.07, 6.45) is 5.80. The van der Waals surface area contributed by atoms with Gasteiger partial charge in [-0.25, -0.2) is 0 Å². The molecule has 0 atom stereocenters. The molecule has 0 spiro atoms. The number of carbonyl (C=O) groups excluding carboxylic acids is 1. The molecule has 4 nitrogen and oxygen atoms in total. The number of hydrogen-bond donors (Lipinski definition) is 1. The Balaban J connectivity index is 0.000000219. The van der Waals surface area contributed by atoms with Crippen molar-refractivity contribution in [2.75, 3.05) is 7.11 Å². The lowest BCUT2D eigenvalue weighted by atomic mass is 10.1. The van der Waals surface area contributed by atoms with E-state index in [0.717, 1.165) is 12.0 Å². The number of phenolic OH excluding ortho intramolecular Hbond substituents is 1. The van der Waals surface area contributed by atoms with Crippen molar-refractivity contribution in [3.8, 4) is 11.5 Å². The second-order valence-electron chi connectivity index (χ2n) is 4.30. The van der Waals surface area contributed by atoms with Crippen LogP contribution in [0.1, 0.15) is 22.8 Å². The molecular formula is C17H19NO3. The van der Waals surface area contributed by atoms with Crippen molar-refractivity contribution >= 4 is 5.78 Å². The molecule has 21 heavy (non-hydrogen) atoms. The number of allylic oxidation sites excluding steroid dienone is 1. The predicted molar refractivity (Wildman–Crippen MR) is 82.8 cm³/mol. The Kier molecular flexibility index (Phi) is 6.68. The molecule has 110 valence electrons. The molecule has 0 aliphatic heterocycles. The summed E-state index contributed by atoms with van der Waals surface area (Å²) in [6.45, 7) is 5.16. The topological polar surface area (TPSA) is 59.4 Å². The maximum absolute atomic E-state index is 10.6. The lowest BCUT2D eigenvalue weighted by molar-refractivity contribution is 0.101. The minimum Gasteiger partial charge on any atom is -0.504 e. The first-order chi connectivity index (χ1) is 10.1. The van der Waals surface area contributed by atoms with Gasteiger partial charge in [-0.2, -0.15) is 0 Å². The molecule has 0 unspecified atom stereocenters. The molecule has 0 fully saturated rings. The first kappa shape index (κ1) is 16.4. The smallest absolute Gasteiger partial charge is 0.161 e. The number of pyridine rings is 1. The zero-order chi connectivity index (χ0) is 15.7. The van der Waals surface area contributed by atoms with E-state index in [-0.39, 0.29) is 11.5 Å². The number of aromatic hydroxyl groups is 1. The van der Waals surface area contributed by atoms with Gasteiger partial charge in [0.1, 0.15) is 0 Å². The molecule has 0 saturated carbocycles. The molecular weight excluding hydrogens is 266 g/mol. The van der Waals surface area contributed by atoms with Crippen LogP contribution in [-0.2, 0) is 6.42 Å². The molecule has 4 heteroatoms. The van der Waals surface area contributed by atoms with Crippen LogP contribution in [0.25, 0.3) is 0 Å². The lowest BCUT2D eigenvalue weighted by Crippen LogP contribution is -1.90. The third-order valence-electron chi connectivity index (χ3n) is 2.69. The van der Waals surface area contributed by atoms with E-state index in [4.69, 9.17) is 4.74 Å². The first-order valence-corrected chi connectivity index (χ1v) is 6.46. The summed E-state index contributed by atoms with van der Waals surface area (Å²) < 4.78 is 4.95. The Hall–Kier alpha value is -2.62. The Bertz CT molecular complexity index is 594. The van der Waals surface area contributed by atoms with E-state index < -0.39 is 0 Å². The Morgan fingerprint density at radius 2 is 2.19 bits per heavy atom. The minimum absolute atomic E-state index is 0.0584. The summed E-state index contributed by atoms with van der Waals surface area (Å²) >= 11 is 0. The minimum atomic E-state index is 0.0584. The van der Waals surface area contributed by atoms with Crippen LogP contribution in [0.4, 0.5) is 0 Å². The average molecular weight is 285 g/mol. The van der Waals surface area contributed by atoms with Gasteiger partial charge < -0.3 is 9.84 Å². The van der Waals surface area contributed by atoms with Crippen molar-refractivity contribution in [3.63, 3.8) is 0 Å². The molecule has 1 aromatic heterocycles. The van der Waals surface area contributed by atoms with E-state index in [0.29, 0.717) is 11.3 Å². The van der Waals surface area contributed by atoms with Gasteiger partial charge in [0.15, 0.2) is 17.3 Å². The third kappa shape index (κ3) is 5.48. The molecule has 2 rings (SSSR count). The Labute approximate surface area is 124 Å². The van der Waals surface area contributed by atoms with Gasteiger partial charge in [0.05, 0.1) is 7.11 Å². The van der Waals surface area contributed by atoms with Gasteiger partial charge in [-0.05, 0) is 43.2 Å². The van der Waals surface area contributed by atoms with Crippen LogP contribution in [0.2, 0.25) is 0 Å². The van der Waals surface area contributed by atoms with E-state index >= 15 is 0 Å². The summed E-state index contributed by atoms with van der Waals surface area (Å²) in [5.41, 5.74) is 1.75. The van der Waals surface area contributed by atoms with E-state index in [2.05, 4.69) is 11.6 Å². The summed E-state index contributed by atoms with van der Waals surface area (Å²) in [7, 11) is 1.53. The van der Waals surface area contributed by atoms with E-state index in [1.807, 2.05) is 12.1 Å². The summed E-state index contributed by atoms with van der Waals surface area (Å²) in [4.78, 5) is 14.4. The number of aromatic nitrogens is 1. The van der Waals surface area contributed by atoms with Crippen LogP contribution >= 0.6 is 0 Å². The molecule has 1 N–H and O–H groups in total. The van der Waals surface area contributed by atoms with Crippen molar-refractivity contribution in [1.29, 1.82) is 0 Å². The third-order valence-corrected chi connectivity index (χ3v) is 2.69. The standard InChI is InChI=1S/C10H12O2.C7H7NO/c1-3-4-8-5-6-9(11)10(7-8)12-2;1-6(9)7-3-2-4-8-5-7/h3,5-7,11H,1,4H2,2H3;2-5H,1H3. The van der Waals surface area contributed by atoms with Crippen molar-refractivity contribution in [1.82, 2.24) is 4.98 Å². The van der Waals surface area contributed by atoms with Crippen molar-refractivity contribution in [2.45, 2.75) is 13.3 Å². The normalized spacial score (nSPS) is 9.24. The highest BCUT2D eigenvalue weighted by Gasteiger charge is 2.00. The van der Waals surface area contributed by atoms with Crippen molar-refractivity contribution in [2.24, 2.45) is 0 Å². The fraction of sp³-hybridized carbons (Fsp3) is 0.176. The summed E-state index contributed by atoms with van der Waals surface area (Å²) in [5, 5.41) is 9.25. The van der Waals surface area contributed by atoms with Crippen LogP contribution in [0.3, 0.4) is 0 Å². The number of nitrogens with zero attached hydrogens (tertiary/aromatic N) is 1. The van der Waals surface area contributed by atoms with Gasteiger partial charge in [-0.1, -0.05) is 12.1 Å². The number of ketones is 1. The maximum Gasteiger partial charge on any atom is 0.161 e. The Morgan fingerprint density at radius 3 is 2.67 bits per heavy atom. The number of phenols is 1. The van der Waals surface area contributed by atoms with Gasteiger partial charge in [-0.3, -0.25) is 9.78 Å². The molecule has 0 amide bonds. The van der Waals surface area contributed by atoms with Gasteiger partial charge in [0, 0.05) is 18.0 Å². The van der Waals surface area contributed by atoms with Crippen LogP contribution < -0.4 is 4.74 Å². The second kappa shape index (κ2) is 8.53. The predicted octanol–water partition coefficient (Wildman–Crippen LogP) is 3.41. The highest BCUT2D eigenvalue weighted by atomic mass is 16.5. The number of hydrogen-bond acceptors (Lipinski definition) is 4. The fourth-order valence-electron chi connectivity index (χ4n) is 1.59. The van der Waals surface area contributed by atoms with E-state index in [1.165, 1.54) is 14.0 Å². The quantitative estimate of drug-likeness (QED) is 0.690. The van der Waals surface area contributed by atoms with E-state index in [1.54, 1.807) is 36.7 Å². The first-order valence-electron chi connectivity index (χ1n) is 6.46. The number of rotatable bonds is 4. The molecule has 0 aliphatic rings. The van der Waals surface area contributed by atoms with Crippen LogP contribution in [0, 0.1) is 0 Å². The summed E-state index contributed by atoms with van der Waals surface area (Å²) in [6, 6.07) is 8.76. The number of carbonyl (C=O) groups is 1. The molecule has 0 saturated heterocycles. The lowest BCUT2D eigenvalue weighted by Gasteiger charge is -2.04. The SMILES string of the molecule is C=CCc1ccc(O)c(OC)c1.CC(=O)c1cccnc1. The fourth-order valence-corrected chi connectivity index (χ4v) is 1.59. The Morgan fingerprint density at radius 1 is 1.43 bits per heavy atom. The van der Waals surface area contributed by atoms with E-state index in [9.17, 15) is 9.90 Å². The van der Waals surface area contributed by atoms with Gasteiger partial charge in [0.25, 0.3) is 0 Å². The highest BCUT2D eigenvalue weighted by Crippen LogP contribution is 2.26. The largest absolute Gasteiger partial charge is 0.504 e. The van der Waals surface area contributed by atoms with Gasteiger partial charge in [-0.15, -0.1) is 6.58 Å². The average Bonchev–Trinajstić information content (AvgIpc) is 2.51. The number of benzene rings is 1. The molecule has 0 radical (unpaired) electrons. The second-order valence-corrected chi connectivity index (χ2v) is 4.30. The van der Waals surface area contributed by atoms with Gasteiger partial charge in [0.2, 0.25) is 0 Å². The van der Waals surface area contributed by atoms with Gasteiger partial charge >= 0.3 is 0 Å². The highest BCUT2D eigenvalue weighted by molar-refractivity contribution is 5.93.